The monoisotopic (exact) mass is 316 g/mol. The Balaban J connectivity index is 1.77. The fourth-order valence-corrected chi connectivity index (χ4v) is 2.83. The van der Waals surface area contributed by atoms with Gasteiger partial charge < -0.3 is 9.64 Å². The third-order valence-electron chi connectivity index (χ3n) is 3.94. The number of carbonyl (C=O) groups excluding carboxylic acids is 4. The van der Waals surface area contributed by atoms with Gasteiger partial charge in [-0.2, -0.15) is 0 Å². The molecule has 3 amide bonds. The molecule has 1 saturated heterocycles. The normalized spacial score (nSPS) is 20.3. The summed E-state index contributed by atoms with van der Waals surface area (Å²) in [6.07, 6.45) is 0.557. The van der Waals surface area contributed by atoms with Crippen molar-refractivity contribution in [1.29, 1.82) is 0 Å². The molecule has 0 spiro atoms. The Bertz CT molecular complexity index is 712. The first-order valence-electron chi connectivity index (χ1n) is 7.35. The van der Waals surface area contributed by atoms with Gasteiger partial charge in [0.1, 0.15) is 18.4 Å². The van der Waals surface area contributed by atoms with E-state index < -0.39 is 11.9 Å². The maximum Gasteiger partial charge on any atom is 0.255 e. The lowest BCUT2D eigenvalue weighted by atomic mass is 10.0. The number of ketones is 1. The van der Waals surface area contributed by atoms with Gasteiger partial charge in [-0.05, 0) is 37.1 Å². The van der Waals surface area contributed by atoms with Crippen LogP contribution in [0.2, 0.25) is 0 Å². The van der Waals surface area contributed by atoms with Crippen LogP contribution < -0.4 is 10.1 Å². The van der Waals surface area contributed by atoms with Crippen LogP contribution in [0.1, 0.15) is 35.7 Å². The van der Waals surface area contributed by atoms with E-state index in [0.29, 0.717) is 17.7 Å². The number of hydrogen-bond acceptors (Lipinski definition) is 5. The topological polar surface area (TPSA) is 92.8 Å². The van der Waals surface area contributed by atoms with Crippen molar-refractivity contribution in [3.05, 3.63) is 29.3 Å². The number of nitrogens with one attached hydrogen (secondary N) is 1. The number of ether oxygens (including phenoxy) is 1. The smallest absolute Gasteiger partial charge is 0.255 e. The number of rotatable bonds is 4. The van der Waals surface area contributed by atoms with E-state index in [2.05, 4.69) is 5.32 Å². The molecule has 1 aromatic carbocycles. The van der Waals surface area contributed by atoms with Crippen LogP contribution in [0.3, 0.4) is 0 Å². The van der Waals surface area contributed by atoms with E-state index in [1.165, 1.54) is 11.8 Å². The predicted octanol–water partition coefficient (Wildman–Crippen LogP) is 0.415. The van der Waals surface area contributed by atoms with Crippen LogP contribution in [0.4, 0.5) is 0 Å². The molecule has 2 heterocycles. The van der Waals surface area contributed by atoms with E-state index in [4.69, 9.17) is 4.74 Å². The maximum absolute atomic E-state index is 12.5. The van der Waals surface area contributed by atoms with E-state index in [-0.39, 0.29) is 37.2 Å². The second-order valence-corrected chi connectivity index (χ2v) is 5.71. The van der Waals surface area contributed by atoms with Crippen LogP contribution in [0, 0.1) is 0 Å². The molecule has 7 nitrogen and oxygen atoms in total. The summed E-state index contributed by atoms with van der Waals surface area (Å²) in [6.45, 7) is 1.70. The second-order valence-electron chi connectivity index (χ2n) is 5.71. The van der Waals surface area contributed by atoms with E-state index in [0.717, 1.165) is 5.56 Å². The fourth-order valence-electron chi connectivity index (χ4n) is 2.83. The van der Waals surface area contributed by atoms with E-state index in [9.17, 15) is 19.2 Å². The van der Waals surface area contributed by atoms with Crippen molar-refractivity contribution in [2.24, 2.45) is 0 Å². The molecule has 0 bridgehead atoms. The molecule has 0 aromatic heterocycles. The molecule has 0 radical (unpaired) electrons. The first kappa shape index (κ1) is 15.2. The molecular formula is C16H16N2O5. The first-order valence-corrected chi connectivity index (χ1v) is 7.35. The molecule has 120 valence electrons. The van der Waals surface area contributed by atoms with Gasteiger partial charge in [-0.25, -0.2) is 0 Å². The predicted molar refractivity (Wildman–Crippen MR) is 78.7 cm³/mol. The molecule has 2 aliphatic rings. The van der Waals surface area contributed by atoms with Gasteiger partial charge in [-0.3, -0.25) is 24.5 Å². The summed E-state index contributed by atoms with van der Waals surface area (Å²) >= 11 is 0. The number of amides is 3. The average Bonchev–Trinajstić information content (AvgIpc) is 2.82. The van der Waals surface area contributed by atoms with Crippen LogP contribution in [0.25, 0.3) is 0 Å². The lowest BCUT2D eigenvalue weighted by Gasteiger charge is -2.29. The molecule has 1 N–H and O–H groups in total. The lowest BCUT2D eigenvalue weighted by molar-refractivity contribution is -0.137. The van der Waals surface area contributed by atoms with E-state index in [1.54, 1.807) is 18.2 Å². The first-order chi connectivity index (χ1) is 11.0. The number of carbonyl (C=O) groups is 4. The highest BCUT2D eigenvalue weighted by Crippen LogP contribution is 2.30. The largest absolute Gasteiger partial charge is 0.486 e. The molecular weight excluding hydrogens is 300 g/mol. The fraction of sp³-hybridized carbons (Fsp3) is 0.375. The Morgan fingerprint density at radius 2 is 2.13 bits per heavy atom. The van der Waals surface area contributed by atoms with Crippen LogP contribution in [0.15, 0.2) is 18.2 Å². The summed E-state index contributed by atoms with van der Waals surface area (Å²) in [7, 11) is 0. The van der Waals surface area contributed by atoms with Gasteiger partial charge >= 0.3 is 0 Å². The van der Waals surface area contributed by atoms with Crippen molar-refractivity contribution in [3.8, 4) is 5.75 Å². The Morgan fingerprint density at radius 1 is 1.35 bits per heavy atom. The molecule has 0 saturated carbocycles. The molecule has 3 rings (SSSR count). The van der Waals surface area contributed by atoms with Gasteiger partial charge in [0.25, 0.3) is 5.91 Å². The number of nitrogens with zero attached hydrogens (tertiary/aromatic N) is 1. The van der Waals surface area contributed by atoms with Crippen molar-refractivity contribution >= 4 is 23.5 Å². The van der Waals surface area contributed by atoms with Crippen molar-refractivity contribution in [2.75, 3.05) is 6.61 Å². The van der Waals surface area contributed by atoms with Crippen molar-refractivity contribution in [1.82, 2.24) is 10.2 Å². The minimum absolute atomic E-state index is 0.0242. The number of piperidine rings is 1. The van der Waals surface area contributed by atoms with E-state index >= 15 is 0 Å². The molecule has 2 aliphatic heterocycles. The summed E-state index contributed by atoms with van der Waals surface area (Å²) in [4.78, 5) is 48.1. The zero-order valence-electron chi connectivity index (χ0n) is 12.6. The van der Waals surface area contributed by atoms with Crippen LogP contribution in [-0.4, -0.2) is 41.1 Å². The molecule has 1 atom stereocenters. The molecule has 23 heavy (non-hydrogen) atoms. The molecule has 0 unspecified atom stereocenters. The number of Topliss-reactive ketones (excluding diaryl/α,β-unsaturated/α-hetero) is 1. The van der Waals surface area contributed by atoms with E-state index in [1.807, 2.05) is 0 Å². The van der Waals surface area contributed by atoms with Gasteiger partial charge in [0.15, 0.2) is 5.78 Å². The van der Waals surface area contributed by atoms with Crippen molar-refractivity contribution in [3.63, 3.8) is 0 Å². The molecule has 7 heteroatoms. The van der Waals surface area contributed by atoms with Crippen molar-refractivity contribution < 1.29 is 23.9 Å². The SMILES string of the molecule is CC(=O)COc1ccc2c(c1)CN([C@@H]1CCC(=O)NC1=O)C2=O. The minimum atomic E-state index is -0.630. The quantitative estimate of drug-likeness (QED) is 0.813. The van der Waals surface area contributed by atoms with Gasteiger partial charge in [0.2, 0.25) is 11.8 Å². The van der Waals surface area contributed by atoms with Crippen LogP contribution in [-0.2, 0) is 20.9 Å². The Labute approximate surface area is 132 Å². The van der Waals surface area contributed by atoms with Gasteiger partial charge in [0, 0.05) is 18.5 Å². The summed E-state index contributed by atoms with van der Waals surface area (Å²) in [6, 6.07) is 4.35. The summed E-state index contributed by atoms with van der Waals surface area (Å²) in [5.41, 5.74) is 1.27. The second kappa shape index (κ2) is 5.83. The highest BCUT2D eigenvalue weighted by molar-refractivity contribution is 6.05. The third-order valence-corrected chi connectivity index (χ3v) is 3.94. The minimum Gasteiger partial charge on any atom is -0.486 e. The average molecular weight is 316 g/mol. The number of hydrogen-bond donors (Lipinski definition) is 1. The van der Waals surface area contributed by atoms with Crippen molar-refractivity contribution in [2.45, 2.75) is 32.4 Å². The highest BCUT2D eigenvalue weighted by atomic mass is 16.5. The third kappa shape index (κ3) is 2.94. The Kier molecular flexibility index (Phi) is 3.85. The van der Waals surface area contributed by atoms with Gasteiger partial charge in [-0.15, -0.1) is 0 Å². The number of fused-ring (bicyclic) bond motifs is 1. The summed E-state index contributed by atoms with van der Waals surface area (Å²) in [5.74, 6) is -0.554. The van der Waals surface area contributed by atoms with Gasteiger partial charge in [0.05, 0.1) is 0 Å². The zero-order chi connectivity index (χ0) is 16.6. The van der Waals surface area contributed by atoms with Crippen LogP contribution in [0.5, 0.6) is 5.75 Å². The number of benzene rings is 1. The summed E-state index contributed by atoms with van der Waals surface area (Å²) < 4.78 is 5.34. The van der Waals surface area contributed by atoms with Gasteiger partial charge in [-0.1, -0.05) is 0 Å². The Hall–Kier alpha value is -2.70. The molecule has 1 aromatic rings. The number of imide groups is 1. The van der Waals surface area contributed by atoms with Crippen LogP contribution >= 0.6 is 0 Å². The zero-order valence-corrected chi connectivity index (χ0v) is 12.6. The standard InChI is InChI=1S/C16H16N2O5/c1-9(19)8-23-11-2-3-12-10(6-11)7-18(16(12)22)13-4-5-14(20)17-15(13)21/h2-3,6,13H,4-5,7-8H2,1H3,(H,17,20,21)/t13-/m1/s1. The summed E-state index contributed by atoms with van der Waals surface area (Å²) in [5, 5.41) is 2.26. The maximum atomic E-state index is 12.5. The molecule has 0 aliphatic carbocycles. The molecule has 1 fully saturated rings. The lowest BCUT2D eigenvalue weighted by Crippen LogP contribution is -2.52. The highest BCUT2D eigenvalue weighted by Gasteiger charge is 2.39. The Morgan fingerprint density at radius 3 is 2.83 bits per heavy atom.